The molecule has 1 rings (SSSR count). The second kappa shape index (κ2) is 7.39. The Balaban J connectivity index is 2.73. The Bertz CT molecular complexity index is 335. The molecular formula is C15H25NO2. The molecule has 0 spiro atoms. The lowest BCUT2D eigenvalue weighted by Gasteiger charge is -2.28. The molecule has 0 bridgehead atoms. The molecule has 3 N–H and O–H groups in total. The fourth-order valence-corrected chi connectivity index (χ4v) is 2.16. The largest absolute Gasteiger partial charge is 0.508 e. The number of rotatable bonds is 7. The minimum atomic E-state index is 0.210. The molecule has 0 aliphatic rings. The number of hydrogen-bond donors (Lipinski definition) is 3. The summed E-state index contributed by atoms with van der Waals surface area (Å²) < 4.78 is 0. The van der Waals surface area contributed by atoms with Gasteiger partial charge in [-0.1, -0.05) is 32.9 Å². The zero-order valence-electron chi connectivity index (χ0n) is 11.6. The van der Waals surface area contributed by atoms with Crippen LogP contribution in [0.25, 0.3) is 0 Å². The maximum atomic E-state index is 9.31. The van der Waals surface area contributed by atoms with Crippen LogP contribution in [0, 0.1) is 5.92 Å². The van der Waals surface area contributed by atoms with Gasteiger partial charge < -0.3 is 15.5 Å². The van der Waals surface area contributed by atoms with Crippen LogP contribution in [0.5, 0.6) is 5.75 Å². The molecule has 0 fully saturated rings. The minimum absolute atomic E-state index is 0.210. The highest BCUT2D eigenvalue weighted by Gasteiger charge is 2.18. The van der Waals surface area contributed by atoms with E-state index in [1.54, 1.807) is 12.1 Å². The molecule has 0 saturated carbocycles. The summed E-state index contributed by atoms with van der Waals surface area (Å²) in [4.78, 5) is 0. The standard InChI is InChI=1S/C15H25NO2/c1-4-14(12-5-7-13(18)8-6-12)16-15(9-10-17)11(2)3/h5-8,11,14-18H,4,9-10H2,1-3H3. The number of aliphatic hydroxyl groups is 1. The van der Waals surface area contributed by atoms with Gasteiger partial charge in [-0.25, -0.2) is 0 Å². The number of hydrogen-bond acceptors (Lipinski definition) is 3. The van der Waals surface area contributed by atoms with Gasteiger partial charge in [0.2, 0.25) is 0 Å². The quantitative estimate of drug-likeness (QED) is 0.698. The van der Waals surface area contributed by atoms with Gasteiger partial charge in [-0.05, 0) is 36.5 Å². The molecule has 3 nitrogen and oxygen atoms in total. The third-order valence-corrected chi connectivity index (χ3v) is 3.36. The van der Waals surface area contributed by atoms with E-state index in [0.29, 0.717) is 17.7 Å². The molecule has 0 radical (unpaired) electrons. The van der Waals surface area contributed by atoms with Crippen molar-refractivity contribution in [1.29, 1.82) is 0 Å². The van der Waals surface area contributed by atoms with Crippen molar-refractivity contribution in [3.05, 3.63) is 29.8 Å². The summed E-state index contributed by atoms with van der Waals surface area (Å²) in [6.45, 7) is 6.68. The highest BCUT2D eigenvalue weighted by atomic mass is 16.3. The molecule has 18 heavy (non-hydrogen) atoms. The highest BCUT2D eigenvalue weighted by Crippen LogP contribution is 2.21. The first kappa shape index (κ1) is 15.0. The molecule has 1 aromatic carbocycles. The second-order valence-corrected chi connectivity index (χ2v) is 5.08. The van der Waals surface area contributed by atoms with Gasteiger partial charge in [0.05, 0.1) is 0 Å². The number of nitrogens with one attached hydrogen (secondary N) is 1. The lowest BCUT2D eigenvalue weighted by atomic mass is 9.97. The molecule has 102 valence electrons. The summed E-state index contributed by atoms with van der Waals surface area (Å²) in [5, 5.41) is 22.0. The zero-order chi connectivity index (χ0) is 13.5. The Morgan fingerprint density at radius 2 is 1.78 bits per heavy atom. The second-order valence-electron chi connectivity index (χ2n) is 5.08. The Morgan fingerprint density at radius 3 is 2.22 bits per heavy atom. The number of aliphatic hydroxyl groups excluding tert-OH is 1. The van der Waals surface area contributed by atoms with Crippen LogP contribution in [0.3, 0.4) is 0 Å². The number of phenols is 1. The molecule has 0 heterocycles. The zero-order valence-corrected chi connectivity index (χ0v) is 11.6. The van der Waals surface area contributed by atoms with Gasteiger partial charge in [-0.2, -0.15) is 0 Å². The van der Waals surface area contributed by atoms with Crippen molar-refractivity contribution < 1.29 is 10.2 Å². The van der Waals surface area contributed by atoms with Crippen molar-refractivity contribution in [2.45, 2.75) is 45.7 Å². The first-order valence-corrected chi connectivity index (χ1v) is 6.74. The summed E-state index contributed by atoms with van der Waals surface area (Å²) in [6.07, 6.45) is 1.76. The van der Waals surface area contributed by atoms with Crippen molar-refractivity contribution in [3.63, 3.8) is 0 Å². The SMILES string of the molecule is CCC(NC(CCO)C(C)C)c1ccc(O)cc1. The lowest BCUT2D eigenvalue weighted by molar-refractivity contribution is 0.233. The van der Waals surface area contributed by atoms with E-state index in [-0.39, 0.29) is 12.6 Å². The Morgan fingerprint density at radius 1 is 1.17 bits per heavy atom. The van der Waals surface area contributed by atoms with E-state index in [1.165, 1.54) is 5.56 Å². The third kappa shape index (κ3) is 4.31. The first-order valence-electron chi connectivity index (χ1n) is 6.74. The summed E-state index contributed by atoms with van der Waals surface area (Å²) in [5.41, 5.74) is 1.18. The summed E-state index contributed by atoms with van der Waals surface area (Å²) >= 11 is 0. The highest BCUT2D eigenvalue weighted by molar-refractivity contribution is 5.28. The lowest BCUT2D eigenvalue weighted by Crippen LogP contribution is -2.37. The Labute approximate surface area is 110 Å². The maximum Gasteiger partial charge on any atom is 0.115 e. The molecule has 0 amide bonds. The minimum Gasteiger partial charge on any atom is -0.508 e. The Kier molecular flexibility index (Phi) is 6.16. The molecule has 3 heteroatoms. The normalized spacial score (nSPS) is 14.7. The fourth-order valence-electron chi connectivity index (χ4n) is 2.16. The van der Waals surface area contributed by atoms with Crippen LogP contribution in [0.2, 0.25) is 0 Å². The van der Waals surface area contributed by atoms with Gasteiger partial charge >= 0.3 is 0 Å². The summed E-state index contributed by atoms with van der Waals surface area (Å²) in [6, 6.07) is 7.92. The van der Waals surface area contributed by atoms with Crippen molar-refractivity contribution >= 4 is 0 Å². The Hall–Kier alpha value is -1.06. The molecule has 0 aliphatic heterocycles. The number of phenolic OH excluding ortho intramolecular Hbond substituents is 1. The van der Waals surface area contributed by atoms with Gasteiger partial charge in [-0.15, -0.1) is 0 Å². The van der Waals surface area contributed by atoms with E-state index in [1.807, 2.05) is 12.1 Å². The van der Waals surface area contributed by atoms with Crippen LogP contribution in [0.4, 0.5) is 0 Å². The third-order valence-electron chi connectivity index (χ3n) is 3.36. The monoisotopic (exact) mass is 251 g/mol. The summed E-state index contributed by atoms with van der Waals surface area (Å²) in [5.74, 6) is 0.785. The van der Waals surface area contributed by atoms with Crippen LogP contribution in [0.15, 0.2) is 24.3 Å². The molecule has 2 unspecified atom stereocenters. The van der Waals surface area contributed by atoms with E-state index in [0.717, 1.165) is 12.8 Å². The summed E-state index contributed by atoms with van der Waals surface area (Å²) in [7, 11) is 0. The van der Waals surface area contributed by atoms with Crippen LogP contribution < -0.4 is 5.32 Å². The van der Waals surface area contributed by atoms with E-state index < -0.39 is 0 Å². The average Bonchev–Trinajstić information content (AvgIpc) is 2.35. The predicted octanol–water partition coefficient (Wildman–Crippen LogP) is 2.84. The number of benzene rings is 1. The van der Waals surface area contributed by atoms with Gasteiger partial charge in [0.1, 0.15) is 5.75 Å². The molecule has 0 aromatic heterocycles. The molecule has 2 atom stereocenters. The van der Waals surface area contributed by atoms with E-state index in [9.17, 15) is 5.11 Å². The molecule has 0 saturated heterocycles. The van der Waals surface area contributed by atoms with Crippen LogP contribution in [0.1, 0.15) is 45.2 Å². The molecule has 0 aliphatic carbocycles. The van der Waals surface area contributed by atoms with Gasteiger partial charge in [0.15, 0.2) is 0 Å². The number of aromatic hydroxyl groups is 1. The van der Waals surface area contributed by atoms with Crippen molar-refractivity contribution in [1.82, 2.24) is 5.32 Å². The van der Waals surface area contributed by atoms with E-state index in [4.69, 9.17) is 5.11 Å². The molecular weight excluding hydrogens is 226 g/mol. The predicted molar refractivity (Wildman–Crippen MR) is 74.6 cm³/mol. The topological polar surface area (TPSA) is 52.5 Å². The van der Waals surface area contributed by atoms with Gasteiger partial charge in [0.25, 0.3) is 0 Å². The fraction of sp³-hybridized carbons (Fsp3) is 0.600. The smallest absolute Gasteiger partial charge is 0.115 e. The van der Waals surface area contributed by atoms with Crippen molar-refractivity contribution in [2.75, 3.05) is 6.61 Å². The van der Waals surface area contributed by atoms with Crippen LogP contribution >= 0.6 is 0 Å². The van der Waals surface area contributed by atoms with Crippen LogP contribution in [-0.2, 0) is 0 Å². The maximum absolute atomic E-state index is 9.31. The van der Waals surface area contributed by atoms with E-state index >= 15 is 0 Å². The first-order chi connectivity index (χ1) is 8.58. The van der Waals surface area contributed by atoms with Crippen LogP contribution in [-0.4, -0.2) is 22.9 Å². The van der Waals surface area contributed by atoms with Gasteiger partial charge in [-0.3, -0.25) is 0 Å². The average molecular weight is 251 g/mol. The van der Waals surface area contributed by atoms with E-state index in [2.05, 4.69) is 26.1 Å². The van der Waals surface area contributed by atoms with Crippen molar-refractivity contribution in [3.8, 4) is 5.75 Å². The molecule has 1 aromatic rings. The van der Waals surface area contributed by atoms with Gasteiger partial charge in [0, 0.05) is 18.7 Å². The van der Waals surface area contributed by atoms with Crippen molar-refractivity contribution in [2.24, 2.45) is 5.92 Å².